The van der Waals surface area contributed by atoms with Crippen molar-refractivity contribution < 1.29 is 8.42 Å². The fraction of sp³-hybridized carbons (Fsp3) is 0.333. The Morgan fingerprint density at radius 1 is 1.35 bits per heavy atom. The largest absolute Gasteiger partial charge is 0.384 e. The van der Waals surface area contributed by atoms with Crippen molar-refractivity contribution in [2.45, 2.75) is 13.0 Å². The van der Waals surface area contributed by atoms with Crippen LogP contribution in [-0.4, -0.2) is 28.9 Å². The van der Waals surface area contributed by atoms with Crippen LogP contribution in [-0.2, 0) is 30.0 Å². The molecule has 0 aliphatic rings. The number of sulfonamides is 1. The molecule has 8 heteroatoms. The summed E-state index contributed by atoms with van der Waals surface area (Å²) < 4.78 is 27.8. The molecule has 2 rings (SSSR count). The van der Waals surface area contributed by atoms with Crippen molar-refractivity contribution in [2.75, 3.05) is 11.5 Å². The normalized spacial score (nSPS) is 11.7. The average Bonchev–Trinajstić information content (AvgIpc) is 2.76. The van der Waals surface area contributed by atoms with Crippen LogP contribution in [0.5, 0.6) is 0 Å². The van der Waals surface area contributed by atoms with Gasteiger partial charge in [0.2, 0.25) is 10.0 Å². The Hall–Kier alpha value is -1.93. The number of hydrogen-bond acceptors (Lipinski definition) is 5. The molecule has 0 aliphatic carbocycles. The summed E-state index contributed by atoms with van der Waals surface area (Å²) in [6.07, 6.45) is 5.29. The summed E-state index contributed by atoms with van der Waals surface area (Å²) in [6.45, 7) is 0.151. The zero-order chi connectivity index (χ0) is 14.6. The van der Waals surface area contributed by atoms with E-state index in [2.05, 4.69) is 14.8 Å². The predicted molar refractivity (Wildman–Crippen MR) is 76.2 cm³/mol. The van der Waals surface area contributed by atoms with E-state index in [1.54, 1.807) is 37.8 Å². The molecule has 0 saturated heterocycles. The Bertz CT molecular complexity index is 666. The number of pyridine rings is 1. The third-order valence-corrected chi connectivity index (χ3v) is 4.28. The predicted octanol–water partition coefficient (Wildman–Crippen LogP) is 0.0594. The SMILES string of the molecule is Cn1ncc(CNS(=O)(=O)CCc2ccncc2)c1N. The third kappa shape index (κ3) is 3.78. The molecule has 3 N–H and O–H groups in total. The van der Waals surface area contributed by atoms with E-state index in [9.17, 15) is 8.42 Å². The van der Waals surface area contributed by atoms with E-state index in [1.807, 2.05) is 0 Å². The monoisotopic (exact) mass is 295 g/mol. The van der Waals surface area contributed by atoms with E-state index in [0.717, 1.165) is 5.56 Å². The van der Waals surface area contributed by atoms with Crippen molar-refractivity contribution in [1.29, 1.82) is 0 Å². The first-order valence-corrected chi connectivity index (χ1v) is 7.76. The van der Waals surface area contributed by atoms with Crippen LogP contribution in [0.15, 0.2) is 30.7 Å². The van der Waals surface area contributed by atoms with E-state index in [4.69, 9.17) is 5.73 Å². The standard InChI is InChI=1S/C12H17N5O2S/c1-17-12(13)11(8-15-17)9-16-20(18,19)7-4-10-2-5-14-6-3-10/h2-3,5-6,8,16H,4,7,9,13H2,1H3. The molecular weight excluding hydrogens is 278 g/mol. The van der Waals surface area contributed by atoms with Gasteiger partial charge in [0, 0.05) is 31.5 Å². The van der Waals surface area contributed by atoms with Crippen molar-refractivity contribution in [3.8, 4) is 0 Å². The first-order chi connectivity index (χ1) is 9.48. The first-order valence-electron chi connectivity index (χ1n) is 6.10. The molecule has 2 heterocycles. The van der Waals surface area contributed by atoms with E-state index in [1.165, 1.54) is 4.68 Å². The molecule has 20 heavy (non-hydrogen) atoms. The van der Waals surface area contributed by atoms with E-state index >= 15 is 0 Å². The maximum Gasteiger partial charge on any atom is 0.212 e. The van der Waals surface area contributed by atoms with E-state index in [-0.39, 0.29) is 12.3 Å². The molecule has 0 unspecified atom stereocenters. The minimum absolute atomic E-state index is 0.0250. The number of hydrogen-bond donors (Lipinski definition) is 2. The highest BCUT2D eigenvalue weighted by atomic mass is 32.2. The van der Waals surface area contributed by atoms with Gasteiger partial charge in [-0.05, 0) is 24.1 Å². The van der Waals surface area contributed by atoms with Crippen molar-refractivity contribution in [2.24, 2.45) is 7.05 Å². The second kappa shape index (κ2) is 6.02. The molecule has 0 fully saturated rings. The molecule has 7 nitrogen and oxygen atoms in total. The van der Waals surface area contributed by atoms with Gasteiger partial charge in [-0.25, -0.2) is 13.1 Å². The number of rotatable bonds is 6. The number of aryl methyl sites for hydroxylation is 2. The van der Waals surface area contributed by atoms with Gasteiger partial charge in [0.1, 0.15) is 5.82 Å². The minimum Gasteiger partial charge on any atom is -0.384 e. The first kappa shape index (κ1) is 14.5. The molecule has 0 spiro atoms. The van der Waals surface area contributed by atoms with Gasteiger partial charge < -0.3 is 5.73 Å². The zero-order valence-corrected chi connectivity index (χ0v) is 12.0. The lowest BCUT2D eigenvalue weighted by Crippen LogP contribution is -2.27. The molecule has 0 saturated carbocycles. The van der Waals surface area contributed by atoms with Crippen molar-refractivity contribution in [3.05, 3.63) is 41.9 Å². The number of nitrogen functional groups attached to an aromatic ring is 1. The quantitative estimate of drug-likeness (QED) is 0.784. The Morgan fingerprint density at radius 2 is 2.05 bits per heavy atom. The molecule has 0 aromatic carbocycles. The molecular formula is C12H17N5O2S. The van der Waals surface area contributed by atoms with E-state index in [0.29, 0.717) is 17.8 Å². The number of nitrogens with zero attached hydrogens (tertiary/aromatic N) is 3. The second-order valence-corrected chi connectivity index (χ2v) is 6.35. The summed E-state index contributed by atoms with van der Waals surface area (Å²) in [4.78, 5) is 3.89. The molecule has 2 aromatic heterocycles. The van der Waals surface area contributed by atoms with Crippen LogP contribution in [0.3, 0.4) is 0 Å². The Balaban J connectivity index is 1.90. The molecule has 0 atom stereocenters. The summed E-state index contributed by atoms with van der Waals surface area (Å²) in [5, 5.41) is 3.96. The lowest BCUT2D eigenvalue weighted by Gasteiger charge is -2.06. The van der Waals surface area contributed by atoms with Crippen molar-refractivity contribution in [3.63, 3.8) is 0 Å². The van der Waals surface area contributed by atoms with Crippen LogP contribution in [0.4, 0.5) is 5.82 Å². The highest BCUT2D eigenvalue weighted by Gasteiger charge is 2.12. The molecule has 2 aromatic rings. The van der Waals surface area contributed by atoms with Crippen LogP contribution < -0.4 is 10.5 Å². The topological polar surface area (TPSA) is 103 Å². The van der Waals surface area contributed by atoms with Crippen LogP contribution in [0.25, 0.3) is 0 Å². The highest BCUT2D eigenvalue weighted by Crippen LogP contribution is 2.09. The highest BCUT2D eigenvalue weighted by molar-refractivity contribution is 7.89. The molecule has 108 valence electrons. The van der Waals surface area contributed by atoms with Crippen LogP contribution in [0.2, 0.25) is 0 Å². The smallest absolute Gasteiger partial charge is 0.212 e. The second-order valence-electron chi connectivity index (χ2n) is 4.42. The molecule has 0 radical (unpaired) electrons. The summed E-state index contributed by atoms with van der Waals surface area (Å²) in [5.41, 5.74) is 7.36. The average molecular weight is 295 g/mol. The van der Waals surface area contributed by atoms with E-state index < -0.39 is 10.0 Å². The number of nitrogens with one attached hydrogen (secondary N) is 1. The number of aromatic nitrogens is 3. The number of nitrogens with two attached hydrogens (primary N) is 1. The summed E-state index contributed by atoms with van der Waals surface area (Å²) in [6, 6.07) is 3.60. The van der Waals surface area contributed by atoms with Gasteiger partial charge in [0.05, 0.1) is 11.9 Å². The van der Waals surface area contributed by atoms with Crippen molar-refractivity contribution in [1.82, 2.24) is 19.5 Å². The molecule has 0 amide bonds. The molecule has 0 aliphatic heterocycles. The molecule has 0 bridgehead atoms. The summed E-state index contributed by atoms with van der Waals surface area (Å²) in [7, 11) is -1.64. The van der Waals surface area contributed by atoms with Crippen LogP contribution in [0.1, 0.15) is 11.1 Å². The van der Waals surface area contributed by atoms with Gasteiger partial charge in [-0.15, -0.1) is 0 Å². The van der Waals surface area contributed by atoms with Gasteiger partial charge in [-0.1, -0.05) is 0 Å². The maximum atomic E-state index is 11.9. The van der Waals surface area contributed by atoms with Gasteiger partial charge in [0.15, 0.2) is 0 Å². The lowest BCUT2D eigenvalue weighted by molar-refractivity contribution is 0.580. The summed E-state index contributed by atoms with van der Waals surface area (Å²) >= 11 is 0. The van der Waals surface area contributed by atoms with Gasteiger partial charge in [-0.2, -0.15) is 5.10 Å². The Kier molecular flexibility index (Phi) is 4.35. The van der Waals surface area contributed by atoms with Gasteiger partial charge >= 0.3 is 0 Å². The Morgan fingerprint density at radius 3 is 2.65 bits per heavy atom. The van der Waals surface area contributed by atoms with Gasteiger partial charge in [0.25, 0.3) is 0 Å². The fourth-order valence-electron chi connectivity index (χ4n) is 1.69. The number of anilines is 1. The van der Waals surface area contributed by atoms with Crippen LogP contribution in [0, 0.1) is 0 Å². The van der Waals surface area contributed by atoms with Crippen LogP contribution >= 0.6 is 0 Å². The van der Waals surface area contributed by atoms with Gasteiger partial charge in [-0.3, -0.25) is 9.67 Å². The Labute approximate surface area is 117 Å². The fourth-order valence-corrected chi connectivity index (χ4v) is 2.71. The summed E-state index contributed by atoms with van der Waals surface area (Å²) in [5.74, 6) is 0.485. The zero-order valence-electron chi connectivity index (χ0n) is 11.2. The minimum atomic E-state index is -3.35. The maximum absolute atomic E-state index is 11.9. The lowest BCUT2D eigenvalue weighted by atomic mass is 10.2. The van der Waals surface area contributed by atoms with Crippen molar-refractivity contribution >= 4 is 15.8 Å². The third-order valence-electron chi connectivity index (χ3n) is 2.96.